The van der Waals surface area contributed by atoms with Crippen molar-refractivity contribution in [2.45, 2.75) is 51.1 Å². The summed E-state index contributed by atoms with van der Waals surface area (Å²) in [6.07, 6.45) is 4.08. The summed E-state index contributed by atoms with van der Waals surface area (Å²) in [7, 11) is 0. The zero-order valence-corrected chi connectivity index (χ0v) is 19.3. The van der Waals surface area contributed by atoms with E-state index in [1.807, 2.05) is 48.5 Å². The Balaban J connectivity index is 2.22. The number of benzene rings is 2. The van der Waals surface area contributed by atoms with Crippen molar-refractivity contribution in [1.29, 1.82) is 0 Å². The van der Waals surface area contributed by atoms with Crippen LogP contribution in [0.2, 0.25) is 10.0 Å². The standard InChI is InChI=1S/C25H30Cl2N2O/c1-4-13-25(3)15-22(18-7-6-8-20(27)14-18)23(17-9-11-19(26)12-10-17)29(24(25)30)21(5-2)16-28/h4,6-12,14,21-23H,1,5,13,15-16,28H2,2-3H3/p+1/t21-,22+,23?,25-/m0/s1. The minimum atomic E-state index is -0.514. The third kappa shape index (κ3) is 4.44. The SMILES string of the molecule is C=CC[C@@]1(C)C[C@H](c2cccc(Cl)c2)C(c2ccc(Cl)cc2)N([C@@H](CC)C[NH3+])C1=O. The van der Waals surface area contributed by atoms with E-state index in [4.69, 9.17) is 23.2 Å². The molecule has 1 amide bonds. The Kier molecular flexibility index (Phi) is 7.28. The van der Waals surface area contributed by atoms with Crippen molar-refractivity contribution in [2.75, 3.05) is 6.54 Å². The lowest BCUT2D eigenvalue weighted by molar-refractivity contribution is -0.379. The fourth-order valence-electron chi connectivity index (χ4n) is 4.83. The van der Waals surface area contributed by atoms with Crippen molar-refractivity contribution in [2.24, 2.45) is 5.41 Å². The molecule has 2 aromatic rings. The number of halogens is 2. The van der Waals surface area contributed by atoms with Crippen LogP contribution in [0.1, 0.15) is 56.2 Å². The molecule has 1 fully saturated rings. The lowest BCUT2D eigenvalue weighted by Crippen LogP contribution is -2.64. The van der Waals surface area contributed by atoms with Crippen LogP contribution in [0.4, 0.5) is 0 Å². The van der Waals surface area contributed by atoms with Gasteiger partial charge in [0.1, 0.15) is 0 Å². The predicted molar refractivity (Wildman–Crippen MR) is 125 cm³/mol. The van der Waals surface area contributed by atoms with Crippen molar-refractivity contribution in [1.82, 2.24) is 4.90 Å². The Morgan fingerprint density at radius 3 is 2.47 bits per heavy atom. The van der Waals surface area contributed by atoms with Crippen molar-refractivity contribution >= 4 is 29.1 Å². The highest BCUT2D eigenvalue weighted by Crippen LogP contribution is 2.52. The fraction of sp³-hybridized carbons (Fsp3) is 0.400. The maximum atomic E-state index is 13.9. The quantitative estimate of drug-likeness (QED) is 0.549. The van der Waals surface area contributed by atoms with Crippen LogP contribution >= 0.6 is 23.2 Å². The Labute approximate surface area is 189 Å². The summed E-state index contributed by atoms with van der Waals surface area (Å²) in [5.74, 6) is 0.282. The van der Waals surface area contributed by atoms with Gasteiger partial charge in [-0.2, -0.15) is 0 Å². The Morgan fingerprint density at radius 2 is 1.90 bits per heavy atom. The van der Waals surface area contributed by atoms with E-state index in [0.717, 1.165) is 24.0 Å². The van der Waals surface area contributed by atoms with Crippen LogP contribution < -0.4 is 5.73 Å². The minimum absolute atomic E-state index is 0.0595. The summed E-state index contributed by atoms with van der Waals surface area (Å²) >= 11 is 12.5. The molecule has 3 nitrogen and oxygen atoms in total. The average molecular weight is 446 g/mol. The number of carbonyl (C=O) groups is 1. The monoisotopic (exact) mass is 445 g/mol. The van der Waals surface area contributed by atoms with Gasteiger partial charge in [-0.3, -0.25) is 4.79 Å². The first-order valence-electron chi connectivity index (χ1n) is 10.6. The van der Waals surface area contributed by atoms with E-state index in [9.17, 15) is 4.79 Å². The number of hydrogen-bond donors (Lipinski definition) is 1. The molecule has 1 saturated heterocycles. The van der Waals surface area contributed by atoms with E-state index in [1.165, 1.54) is 0 Å². The number of hydrogen-bond acceptors (Lipinski definition) is 1. The van der Waals surface area contributed by atoms with Gasteiger partial charge in [0.15, 0.2) is 0 Å². The molecule has 1 heterocycles. The summed E-state index contributed by atoms with van der Waals surface area (Å²) in [6, 6.07) is 15.9. The number of piperidine rings is 1. The van der Waals surface area contributed by atoms with Gasteiger partial charge in [-0.15, -0.1) is 6.58 Å². The molecule has 1 aliphatic rings. The molecule has 0 bridgehead atoms. The molecule has 0 aromatic heterocycles. The smallest absolute Gasteiger partial charge is 0.229 e. The van der Waals surface area contributed by atoms with Crippen LogP contribution in [0.3, 0.4) is 0 Å². The molecule has 30 heavy (non-hydrogen) atoms. The zero-order chi connectivity index (χ0) is 21.9. The van der Waals surface area contributed by atoms with Crippen molar-refractivity contribution in [3.8, 4) is 0 Å². The van der Waals surface area contributed by atoms with Gasteiger partial charge < -0.3 is 10.6 Å². The summed E-state index contributed by atoms with van der Waals surface area (Å²) in [5, 5.41) is 1.40. The molecular formula is C25H31Cl2N2O+. The van der Waals surface area contributed by atoms with Gasteiger partial charge in [-0.05, 0) is 54.7 Å². The molecule has 1 aliphatic heterocycles. The second-order valence-electron chi connectivity index (χ2n) is 8.48. The molecule has 1 unspecified atom stereocenters. The van der Waals surface area contributed by atoms with Gasteiger partial charge >= 0.3 is 0 Å². The molecule has 0 spiro atoms. The van der Waals surface area contributed by atoms with Crippen LogP contribution in [0.25, 0.3) is 0 Å². The summed E-state index contributed by atoms with van der Waals surface area (Å²) in [6.45, 7) is 8.78. The van der Waals surface area contributed by atoms with Gasteiger partial charge in [0.2, 0.25) is 5.91 Å². The van der Waals surface area contributed by atoms with Crippen LogP contribution in [0.15, 0.2) is 61.2 Å². The highest BCUT2D eigenvalue weighted by molar-refractivity contribution is 6.30. The maximum Gasteiger partial charge on any atom is 0.229 e. The topological polar surface area (TPSA) is 48.0 Å². The highest BCUT2D eigenvalue weighted by Gasteiger charge is 2.50. The van der Waals surface area contributed by atoms with Crippen LogP contribution in [0.5, 0.6) is 0 Å². The van der Waals surface area contributed by atoms with Crippen molar-refractivity contribution < 1.29 is 10.5 Å². The second kappa shape index (κ2) is 9.55. The number of amides is 1. The third-order valence-electron chi connectivity index (χ3n) is 6.38. The van der Waals surface area contributed by atoms with Gasteiger partial charge in [0, 0.05) is 16.0 Å². The minimum Gasteiger partial charge on any atom is -0.356 e. The van der Waals surface area contributed by atoms with Crippen LogP contribution in [0, 0.1) is 5.41 Å². The maximum absolute atomic E-state index is 13.9. The molecule has 3 rings (SSSR count). The number of quaternary nitrogens is 1. The lowest BCUT2D eigenvalue weighted by atomic mass is 9.67. The van der Waals surface area contributed by atoms with E-state index >= 15 is 0 Å². The predicted octanol–water partition coefficient (Wildman–Crippen LogP) is 5.65. The number of carbonyl (C=O) groups excluding carboxylic acids is 1. The molecule has 4 atom stereocenters. The summed E-state index contributed by atoms with van der Waals surface area (Å²) in [4.78, 5) is 16.0. The molecular weight excluding hydrogens is 415 g/mol. The zero-order valence-electron chi connectivity index (χ0n) is 17.8. The molecule has 0 radical (unpaired) electrons. The average Bonchev–Trinajstić information content (AvgIpc) is 2.73. The van der Waals surface area contributed by atoms with E-state index in [2.05, 4.69) is 37.1 Å². The molecule has 2 aromatic carbocycles. The summed E-state index contributed by atoms with van der Waals surface area (Å²) in [5.41, 5.74) is 5.88. The van der Waals surface area contributed by atoms with Crippen molar-refractivity contribution in [3.05, 3.63) is 82.4 Å². The fourth-order valence-corrected chi connectivity index (χ4v) is 5.15. The van der Waals surface area contributed by atoms with Crippen LogP contribution in [-0.4, -0.2) is 23.4 Å². The van der Waals surface area contributed by atoms with Gasteiger partial charge in [-0.25, -0.2) is 0 Å². The number of allylic oxidation sites excluding steroid dienone is 1. The second-order valence-corrected chi connectivity index (χ2v) is 9.35. The number of nitrogens with zero attached hydrogens (tertiary/aromatic N) is 1. The molecule has 5 heteroatoms. The van der Waals surface area contributed by atoms with Gasteiger partial charge in [0.05, 0.1) is 24.0 Å². The first-order chi connectivity index (χ1) is 14.3. The first-order valence-corrected chi connectivity index (χ1v) is 11.3. The molecule has 3 N–H and O–H groups in total. The van der Waals surface area contributed by atoms with Gasteiger partial charge in [-0.1, -0.05) is 67.4 Å². The lowest BCUT2D eigenvalue weighted by Gasteiger charge is -2.51. The number of rotatable bonds is 7. The highest BCUT2D eigenvalue weighted by atomic mass is 35.5. The summed E-state index contributed by atoms with van der Waals surface area (Å²) < 4.78 is 0. The largest absolute Gasteiger partial charge is 0.356 e. The van der Waals surface area contributed by atoms with Crippen molar-refractivity contribution in [3.63, 3.8) is 0 Å². The molecule has 0 aliphatic carbocycles. The number of likely N-dealkylation sites (tertiary alicyclic amines) is 1. The van der Waals surface area contributed by atoms with E-state index < -0.39 is 5.41 Å². The van der Waals surface area contributed by atoms with E-state index in [-0.39, 0.29) is 23.9 Å². The normalized spacial score (nSPS) is 25.2. The Morgan fingerprint density at radius 1 is 1.20 bits per heavy atom. The molecule has 160 valence electrons. The Hall–Kier alpha value is -1.81. The van der Waals surface area contributed by atoms with E-state index in [0.29, 0.717) is 23.0 Å². The third-order valence-corrected chi connectivity index (χ3v) is 6.87. The van der Waals surface area contributed by atoms with Gasteiger partial charge in [0.25, 0.3) is 0 Å². The van der Waals surface area contributed by atoms with E-state index in [1.54, 1.807) is 0 Å². The van der Waals surface area contributed by atoms with Crippen LogP contribution in [-0.2, 0) is 4.79 Å². The first kappa shape index (κ1) is 22.9. The Bertz CT molecular complexity index is 894. The molecule has 0 saturated carbocycles.